The van der Waals surface area contributed by atoms with Gasteiger partial charge in [0.25, 0.3) is 0 Å². The zero-order valence-electron chi connectivity index (χ0n) is 32.5. The number of carboxylic acid groups (broad SMARTS) is 1. The maximum absolute atomic E-state index is 12.6. The van der Waals surface area contributed by atoms with Crippen molar-refractivity contribution in [2.45, 2.75) is 161 Å². The van der Waals surface area contributed by atoms with Crippen molar-refractivity contribution < 1.29 is 38.2 Å². The van der Waals surface area contributed by atoms with Crippen LogP contribution in [0.3, 0.4) is 0 Å². The van der Waals surface area contributed by atoms with Crippen LogP contribution in [0.15, 0.2) is 48.6 Å². The molecule has 0 saturated carbocycles. The van der Waals surface area contributed by atoms with Crippen molar-refractivity contribution in [3.05, 3.63) is 48.6 Å². The van der Waals surface area contributed by atoms with E-state index in [1.807, 2.05) is 0 Å². The van der Waals surface area contributed by atoms with Crippen LogP contribution in [0, 0.1) is 0 Å². The summed E-state index contributed by atoms with van der Waals surface area (Å²) in [6.07, 6.45) is 37.4. The minimum absolute atomic E-state index is 0.0364. The first kappa shape index (κ1) is 47.3. The maximum atomic E-state index is 12.6. The van der Waals surface area contributed by atoms with Crippen molar-refractivity contribution in [1.29, 1.82) is 0 Å². The van der Waals surface area contributed by atoms with E-state index in [0.29, 0.717) is 12.8 Å². The van der Waals surface area contributed by atoms with Gasteiger partial charge < -0.3 is 28.6 Å². The van der Waals surface area contributed by atoms with Gasteiger partial charge in [0.1, 0.15) is 12.6 Å². The van der Waals surface area contributed by atoms with Gasteiger partial charge in [-0.3, -0.25) is 9.59 Å². The number of carboxylic acids is 1. The molecule has 0 aliphatic rings. The highest BCUT2D eigenvalue weighted by atomic mass is 16.6. The molecule has 0 rings (SSSR count). The molecule has 0 amide bonds. The molecule has 8 nitrogen and oxygen atoms in total. The highest BCUT2D eigenvalue weighted by molar-refractivity contribution is 5.70. The first-order valence-electron chi connectivity index (χ1n) is 19.7. The Labute approximate surface area is 306 Å². The zero-order valence-corrected chi connectivity index (χ0v) is 32.5. The van der Waals surface area contributed by atoms with Crippen LogP contribution in [0.2, 0.25) is 0 Å². The lowest BCUT2D eigenvalue weighted by Gasteiger charge is -2.34. The Hall–Kier alpha value is -2.71. The molecule has 2 atom stereocenters. The van der Waals surface area contributed by atoms with Crippen molar-refractivity contribution >= 4 is 17.9 Å². The van der Waals surface area contributed by atoms with Crippen LogP contribution in [0.1, 0.15) is 149 Å². The molecule has 0 bridgehead atoms. The average Bonchev–Trinajstić information content (AvgIpc) is 3.06. The molecule has 0 saturated heterocycles. The predicted octanol–water partition coefficient (Wildman–Crippen LogP) is 8.74. The second kappa shape index (κ2) is 33.4. The fourth-order valence-corrected chi connectivity index (χ4v) is 5.41. The molecule has 0 heterocycles. The molecule has 2 unspecified atom stereocenters. The first-order chi connectivity index (χ1) is 24.1. The van der Waals surface area contributed by atoms with E-state index in [4.69, 9.17) is 14.2 Å². The van der Waals surface area contributed by atoms with Crippen molar-refractivity contribution in [3.8, 4) is 0 Å². The Morgan fingerprint density at radius 3 is 1.66 bits per heavy atom. The number of ether oxygens (including phenoxy) is 3. The minimum atomic E-state index is -1.13. The molecule has 0 aromatic carbocycles. The van der Waals surface area contributed by atoms with E-state index in [2.05, 4.69) is 62.5 Å². The average molecular weight is 704 g/mol. The molecule has 288 valence electrons. The molecule has 0 N–H and O–H groups in total. The summed E-state index contributed by atoms with van der Waals surface area (Å²) in [6, 6.07) is -0.724. The van der Waals surface area contributed by atoms with Crippen molar-refractivity contribution in [3.63, 3.8) is 0 Å². The Bertz CT molecular complexity index is 964. The Balaban J connectivity index is 4.22. The maximum Gasteiger partial charge on any atom is 0.306 e. The summed E-state index contributed by atoms with van der Waals surface area (Å²) in [5.74, 6) is -1.77. The molecule has 0 aromatic heterocycles. The normalized spacial score (nSPS) is 13.5. The lowest BCUT2D eigenvalue weighted by molar-refractivity contribution is -0.889. The number of rotatable bonds is 34. The third-order valence-electron chi connectivity index (χ3n) is 8.48. The topological polar surface area (TPSA) is 102 Å². The molecule has 0 aliphatic heterocycles. The SMILES string of the molecule is CC/C=C\C/C=C\C/C=C\C/C=C\CCCCCCCCCCC(=O)OC(COCCC(C(=O)[O-])[N+](C)(C)C)COC(=O)CCCCCCC. The number of esters is 2. The quantitative estimate of drug-likeness (QED) is 0.0286. The van der Waals surface area contributed by atoms with Crippen LogP contribution in [0.4, 0.5) is 0 Å². The van der Waals surface area contributed by atoms with Crippen LogP contribution in [0.25, 0.3) is 0 Å². The molecule has 0 fully saturated rings. The van der Waals surface area contributed by atoms with Gasteiger partial charge >= 0.3 is 11.9 Å². The van der Waals surface area contributed by atoms with Crippen LogP contribution in [0.5, 0.6) is 0 Å². The van der Waals surface area contributed by atoms with Gasteiger partial charge in [-0.1, -0.05) is 127 Å². The Kier molecular flexibility index (Phi) is 31.6. The number of carbonyl (C=O) groups is 3. The zero-order chi connectivity index (χ0) is 37.1. The van der Waals surface area contributed by atoms with E-state index >= 15 is 0 Å². The molecular weight excluding hydrogens is 630 g/mol. The fourth-order valence-electron chi connectivity index (χ4n) is 5.41. The van der Waals surface area contributed by atoms with Gasteiger partial charge in [0.05, 0.1) is 40.3 Å². The van der Waals surface area contributed by atoms with Gasteiger partial charge in [0.2, 0.25) is 0 Å². The predicted molar refractivity (Wildman–Crippen MR) is 203 cm³/mol. The summed E-state index contributed by atoms with van der Waals surface area (Å²) in [7, 11) is 5.38. The number of nitrogens with zero attached hydrogens (tertiary/aromatic N) is 1. The number of allylic oxidation sites excluding steroid dienone is 8. The van der Waals surface area contributed by atoms with E-state index in [9.17, 15) is 19.5 Å². The third-order valence-corrected chi connectivity index (χ3v) is 8.48. The van der Waals surface area contributed by atoms with E-state index < -0.39 is 18.1 Å². The number of likely N-dealkylation sites (N-methyl/N-ethyl adjacent to an activating group) is 1. The number of aliphatic carboxylic acids is 1. The van der Waals surface area contributed by atoms with Crippen molar-refractivity contribution in [2.75, 3.05) is 41.0 Å². The number of unbranched alkanes of at least 4 members (excludes halogenated alkanes) is 12. The van der Waals surface area contributed by atoms with Crippen LogP contribution >= 0.6 is 0 Å². The summed E-state index contributed by atoms with van der Waals surface area (Å²) in [4.78, 5) is 36.4. The summed E-state index contributed by atoms with van der Waals surface area (Å²) >= 11 is 0. The number of hydrogen-bond donors (Lipinski definition) is 0. The van der Waals surface area contributed by atoms with Crippen molar-refractivity contribution in [1.82, 2.24) is 0 Å². The Morgan fingerprint density at radius 2 is 1.12 bits per heavy atom. The van der Waals surface area contributed by atoms with E-state index in [1.165, 1.54) is 32.1 Å². The molecule has 50 heavy (non-hydrogen) atoms. The summed E-state index contributed by atoms with van der Waals surface area (Å²) in [6.45, 7) is 4.43. The van der Waals surface area contributed by atoms with E-state index in [0.717, 1.165) is 83.5 Å². The number of carbonyl (C=O) groups excluding carboxylic acids is 3. The highest BCUT2D eigenvalue weighted by Crippen LogP contribution is 2.13. The van der Waals surface area contributed by atoms with Gasteiger partial charge in [0.15, 0.2) is 6.10 Å². The van der Waals surface area contributed by atoms with Gasteiger partial charge in [-0.15, -0.1) is 0 Å². The monoisotopic (exact) mass is 704 g/mol. The second-order valence-electron chi connectivity index (χ2n) is 14.1. The smallest absolute Gasteiger partial charge is 0.306 e. The molecule has 0 aliphatic carbocycles. The van der Waals surface area contributed by atoms with E-state index in [1.54, 1.807) is 21.1 Å². The molecule has 8 heteroatoms. The molecular formula is C42H73NO7. The summed E-state index contributed by atoms with van der Waals surface area (Å²) < 4.78 is 17.0. The van der Waals surface area contributed by atoms with E-state index in [-0.39, 0.29) is 42.7 Å². The lowest BCUT2D eigenvalue weighted by Crippen LogP contribution is -2.55. The van der Waals surface area contributed by atoms with Crippen LogP contribution in [-0.4, -0.2) is 75.5 Å². The summed E-state index contributed by atoms with van der Waals surface area (Å²) in [5, 5.41) is 11.5. The van der Waals surface area contributed by atoms with Crippen molar-refractivity contribution in [2.24, 2.45) is 0 Å². The first-order valence-corrected chi connectivity index (χ1v) is 19.7. The van der Waals surface area contributed by atoms with Crippen LogP contribution in [-0.2, 0) is 28.6 Å². The molecule has 0 aromatic rings. The minimum Gasteiger partial charge on any atom is -0.544 e. The largest absolute Gasteiger partial charge is 0.544 e. The van der Waals surface area contributed by atoms with Crippen LogP contribution < -0.4 is 5.11 Å². The highest BCUT2D eigenvalue weighted by Gasteiger charge is 2.25. The lowest BCUT2D eigenvalue weighted by atomic mass is 10.1. The van der Waals surface area contributed by atoms with Gasteiger partial charge in [-0.25, -0.2) is 0 Å². The van der Waals surface area contributed by atoms with Gasteiger partial charge in [0, 0.05) is 19.3 Å². The number of quaternary nitrogens is 1. The Morgan fingerprint density at radius 1 is 0.620 bits per heavy atom. The fraction of sp³-hybridized carbons (Fsp3) is 0.738. The second-order valence-corrected chi connectivity index (χ2v) is 14.1. The van der Waals surface area contributed by atoms with Gasteiger partial charge in [-0.2, -0.15) is 0 Å². The molecule has 0 radical (unpaired) electrons. The number of hydrogen-bond acceptors (Lipinski definition) is 7. The standard InChI is InChI=1S/C42H73NO7/c1-6-8-10-12-13-14-15-16-17-18-19-20-21-22-23-24-25-26-27-29-31-33-41(45)50-38(37-49-40(44)32-30-28-11-9-7-2)36-48-35-34-39(42(46)47)43(3,4)5/h8,10,13-14,16-17,19-20,38-39H,6-7,9,11-12,15,18,21-37H2,1-5H3/b10-8-,14-13-,17-16-,20-19-. The molecule has 0 spiro atoms. The van der Waals surface area contributed by atoms with Gasteiger partial charge in [-0.05, 0) is 51.4 Å². The summed E-state index contributed by atoms with van der Waals surface area (Å²) in [5.41, 5.74) is 0. The third kappa shape index (κ3) is 31.3.